The molecule has 0 amide bonds. The van der Waals surface area contributed by atoms with Gasteiger partial charge in [0.05, 0.1) is 0 Å². The third kappa shape index (κ3) is 3.59. The van der Waals surface area contributed by atoms with Gasteiger partial charge < -0.3 is 4.57 Å². The van der Waals surface area contributed by atoms with Crippen molar-refractivity contribution in [3.8, 4) is 11.1 Å². The Balaban J connectivity index is 1.47. The van der Waals surface area contributed by atoms with Crippen LogP contribution < -0.4 is 15.9 Å². The summed E-state index contributed by atoms with van der Waals surface area (Å²) in [6.07, 6.45) is 0. The number of benzene rings is 7. The molecule has 0 radical (unpaired) electrons. The van der Waals surface area contributed by atoms with Crippen LogP contribution in [0.3, 0.4) is 0 Å². The van der Waals surface area contributed by atoms with Crippen molar-refractivity contribution in [2.45, 2.75) is 0 Å². The lowest BCUT2D eigenvalue weighted by Gasteiger charge is -2.22. The number of hydrogen-bond acceptors (Lipinski definition) is 1. The molecule has 38 heavy (non-hydrogen) atoms. The van der Waals surface area contributed by atoms with Crippen LogP contribution in [0.15, 0.2) is 152 Å². The van der Waals surface area contributed by atoms with Crippen molar-refractivity contribution in [2.24, 2.45) is 0 Å². The Labute approximate surface area is 222 Å². The van der Waals surface area contributed by atoms with E-state index in [1.54, 1.807) is 0 Å². The van der Waals surface area contributed by atoms with E-state index in [-0.39, 0.29) is 0 Å². The second-order valence-electron chi connectivity index (χ2n) is 9.68. The molecular weight excluding hydrogens is 479 g/mol. The van der Waals surface area contributed by atoms with Crippen molar-refractivity contribution < 1.29 is 4.57 Å². The highest BCUT2D eigenvalue weighted by Gasteiger charge is 2.31. The van der Waals surface area contributed by atoms with Gasteiger partial charge in [-0.2, -0.15) is 0 Å². The summed E-state index contributed by atoms with van der Waals surface area (Å²) >= 11 is 0. The highest BCUT2D eigenvalue weighted by molar-refractivity contribution is 7.85. The summed E-state index contributed by atoms with van der Waals surface area (Å²) in [4.78, 5) is 0. The predicted molar refractivity (Wildman–Crippen MR) is 164 cm³/mol. The fourth-order valence-electron chi connectivity index (χ4n) is 5.71. The first kappa shape index (κ1) is 22.7. The zero-order valence-corrected chi connectivity index (χ0v) is 21.7. The SMILES string of the molecule is O=P(c1ccccc1)(c1ccc(-c2c3ccccc3cc3ccccc23)cc1)c1cccc2ccccc12. The van der Waals surface area contributed by atoms with Gasteiger partial charge in [0.15, 0.2) is 7.14 Å². The normalized spacial score (nSPS) is 13.1. The van der Waals surface area contributed by atoms with Gasteiger partial charge in [0, 0.05) is 15.9 Å². The highest BCUT2D eigenvalue weighted by Crippen LogP contribution is 2.45. The third-order valence-electron chi connectivity index (χ3n) is 7.52. The molecule has 0 bridgehead atoms. The van der Waals surface area contributed by atoms with E-state index in [9.17, 15) is 0 Å². The molecule has 7 aromatic rings. The second kappa shape index (κ2) is 9.14. The monoisotopic (exact) mass is 504 g/mol. The summed E-state index contributed by atoms with van der Waals surface area (Å²) in [5.41, 5.74) is 2.34. The van der Waals surface area contributed by atoms with E-state index in [2.05, 4.69) is 97.1 Å². The Morgan fingerprint density at radius 2 is 0.895 bits per heavy atom. The molecule has 1 unspecified atom stereocenters. The molecule has 0 N–H and O–H groups in total. The lowest BCUT2D eigenvalue weighted by atomic mass is 9.92. The lowest BCUT2D eigenvalue weighted by molar-refractivity contribution is 0.592. The molecule has 1 atom stereocenters. The van der Waals surface area contributed by atoms with Crippen molar-refractivity contribution in [3.63, 3.8) is 0 Å². The van der Waals surface area contributed by atoms with E-state index in [1.165, 1.54) is 27.1 Å². The van der Waals surface area contributed by atoms with Crippen molar-refractivity contribution in [1.82, 2.24) is 0 Å². The third-order valence-corrected chi connectivity index (χ3v) is 10.6. The van der Waals surface area contributed by atoms with Crippen LogP contribution in [0.5, 0.6) is 0 Å². The summed E-state index contributed by atoms with van der Waals surface area (Å²) in [6.45, 7) is 0. The van der Waals surface area contributed by atoms with Crippen LogP contribution in [-0.4, -0.2) is 0 Å². The predicted octanol–water partition coefficient (Wildman–Crippen LogP) is 8.45. The minimum absolute atomic E-state index is 0.841. The molecule has 0 aliphatic rings. The van der Waals surface area contributed by atoms with Crippen molar-refractivity contribution >= 4 is 55.4 Å². The fourth-order valence-corrected chi connectivity index (χ4v) is 8.57. The van der Waals surface area contributed by atoms with Gasteiger partial charge in [0.25, 0.3) is 0 Å². The summed E-state index contributed by atoms with van der Waals surface area (Å²) in [5.74, 6) is 0. The van der Waals surface area contributed by atoms with Crippen molar-refractivity contribution in [3.05, 3.63) is 152 Å². The number of fused-ring (bicyclic) bond motifs is 3. The quantitative estimate of drug-likeness (QED) is 0.174. The van der Waals surface area contributed by atoms with E-state index >= 15 is 4.57 Å². The first-order valence-corrected chi connectivity index (χ1v) is 14.6. The topological polar surface area (TPSA) is 17.1 Å². The average molecular weight is 505 g/mol. The molecule has 0 saturated heterocycles. The second-order valence-corrected chi connectivity index (χ2v) is 12.4. The lowest BCUT2D eigenvalue weighted by Crippen LogP contribution is -2.25. The molecule has 0 fully saturated rings. The van der Waals surface area contributed by atoms with Crippen LogP contribution in [0, 0.1) is 0 Å². The number of hydrogen-bond donors (Lipinski definition) is 0. The Bertz CT molecular complexity index is 1930. The van der Waals surface area contributed by atoms with Gasteiger partial charge in [-0.3, -0.25) is 0 Å². The van der Waals surface area contributed by atoms with Gasteiger partial charge in [0.2, 0.25) is 0 Å². The molecule has 0 heterocycles. The van der Waals surface area contributed by atoms with Crippen LogP contribution in [0.4, 0.5) is 0 Å². The summed E-state index contributed by atoms with van der Waals surface area (Å²) in [5, 5.41) is 9.58. The summed E-state index contributed by atoms with van der Waals surface area (Å²) in [7, 11) is -3.13. The molecule has 0 aromatic heterocycles. The van der Waals surface area contributed by atoms with Gasteiger partial charge in [-0.15, -0.1) is 0 Å². The molecule has 7 aromatic carbocycles. The van der Waals surface area contributed by atoms with Crippen molar-refractivity contribution in [2.75, 3.05) is 0 Å². The van der Waals surface area contributed by atoms with Gasteiger partial charge >= 0.3 is 0 Å². The van der Waals surface area contributed by atoms with Crippen LogP contribution in [-0.2, 0) is 4.57 Å². The molecule has 0 aliphatic heterocycles. The molecule has 0 saturated carbocycles. The smallest absolute Gasteiger partial charge is 0.171 e. The average Bonchev–Trinajstić information content (AvgIpc) is 3.00. The van der Waals surface area contributed by atoms with Crippen LogP contribution in [0.1, 0.15) is 0 Å². The van der Waals surface area contributed by atoms with E-state index in [1.807, 2.05) is 54.6 Å². The molecule has 0 aliphatic carbocycles. The van der Waals surface area contributed by atoms with Crippen molar-refractivity contribution in [1.29, 1.82) is 0 Å². The molecule has 0 spiro atoms. The largest absolute Gasteiger partial charge is 0.309 e. The first-order valence-electron chi connectivity index (χ1n) is 12.9. The zero-order valence-electron chi connectivity index (χ0n) is 20.8. The summed E-state index contributed by atoms with van der Waals surface area (Å²) < 4.78 is 15.3. The Kier molecular flexibility index (Phi) is 5.46. The van der Waals surface area contributed by atoms with Crippen LogP contribution >= 0.6 is 7.14 Å². The fraction of sp³-hybridized carbons (Fsp3) is 0. The maximum absolute atomic E-state index is 15.3. The summed E-state index contributed by atoms with van der Waals surface area (Å²) in [6, 6.07) is 52.0. The standard InChI is InChI=1S/C36H25OP/c37-38(30-15-2-1-3-16-30,35-20-10-14-26-11-4-7-17-32(26)35)31-23-21-27(22-24-31)36-33-18-8-5-12-28(33)25-29-13-6-9-19-34(29)36/h1-25H. The van der Waals surface area contributed by atoms with Gasteiger partial charge in [-0.25, -0.2) is 0 Å². The Morgan fingerprint density at radius 1 is 0.395 bits per heavy atom. The van der Waals surface area contributed by atoms with E-state index in [4.69, 9.17) is 0 Å². The minimum atomic E-state index is -3.13. The van der Waals surface area contributed by atoms with E-state index in [0.717, 1.165) is 32.2 Å². The molecule has 7 rings (SSSR count). The highest BCUT2D eigenvalue weighted by atomic mass is 31.2. The molecule has 180 valence electrons. The zero-order chi connectivity index (χ0) is 25.5. The molecule has 1 nitrogen and oxygen atoms in total. The molecular formula is C36H25OP. The van der Waals surface area contributed by atoms with Gasteiger partial charge in [-0.1, -0.05) is 146 Å². The molecule has 2 heteroatoms. The number of rotatable bonds is 4. The first-order chi connectivity index (χ1) is 18.7. The Hall–Kier alpha value is -4.45. The van der Waals surface area contributed by atoms with Gasteiger partial charge in [-0.05, 0) is 49.5 Å². The van der Waals surface area contributed by atoms with Crippen LogP contribution in [0.2, 0.25) is 0 Å². The van der Waals surface area contributed by atoms with Gasteiger partial charge in [0.1, 0.15) is 0 Å². The Morgan fingerprint density at radius 3 is 1.55 bits per heavy atom. The minimum Gasteiger partial charge on any atom is -0.309 e. The maximum atomic E-state index is 15.3. The van der Waals surface area contributed by atoms with Crippen LogP contribution in [0.25, 0.3) is 43.4 Å². The van der Waals surface area contributed by atoms with E-state index in [0.29, 0.717) is 0 Å². The maximum Gasteiger partial charge on any atom is 0.171 e. The van der Waals surface area contributed by atoms with E-state index < -0.39 is 7.14 Å².